The third kappa shape index (κ3) is 4.69. The van der Waals surface area contributed by atoms with Crippen molar-refractivity contribution in [3.8, 4) is 0 Å². The lowest BCUT2D eigenvalue weighted by Crippen LogP contribution is -2.32. The lowest BCUT2D eigenvalue weighted by Gasteiger charge is -2.28. The van der Waals surface area contributed by atoms with Gasteiger partial charge in [-0.2, -0.15) is 5.10 Å². The van der Waals surface area contributed by atoms with Crippen LogP contribution in [0, 0.1) is 5.92 Å². The molecular weight excluding hydrogens is 364 g/mol. The number of amides is 2. The third-order valence-electron chi connectivity index (χ3n) is 5.36. The number of halogens is 1. The highest BCUT2D eigenvalue weighted by atomic mass is 35.5. The summed E-state index contributed by atoms with van der Waals surface area (Å²) < 4.78 is 0. The van der Waals surface area contributed by atoms with Gasteiger partial charge in [-0.15, -0.1) is 0 Å². The van der Waals surface area contributed by atoms with E-state index >= 15 is 0 Å². The number of carbonyl (C=O) groups excluding carboxylic acids is 2. The van der Waals surface area contributed by atoms with E-state index in [0.717, 1.165) is 30.5 Å². The van der Waals surface area contributed by atoms with Gasteiger partial charge in [0.25, 0.3) is 5.91 Å². The number of hydrogen-bond donors (Lipinski definition) is 3. The first-order valence-electron chi connectivity index (χ1n) is 9.33. The second-order valence-corrected chi connectivity index (χ2v) is 7.75. The molecule has 2 amide bonds. The van der Waals surface area contributed by atoms with Crippen molar-refractivity contribution in [2.75, 3.05) is 0 Å². The summed E-state index contributed by atoms with van der Waals surface area (Å²) in [6, 6.07) is 6.53. The van der Waals surface area contributed by atoms with Crippen LogP contribution in [-0.4, -0.2) is 22.0 Å². The van der Waals surface area contributed by atoms with Gasteiger partial charge < -0.3 is 11.1 Å². The molecule has 144 valence electrons. The summed E-state index contributed by atoms with van der Waals surface area (Å²) in [6.45, 7) is 2.22. The number of aromatic nitrogens is 2. The molecule has 1 aromatic heterocycles. The Balaban J connectivity index is 1.82. The Morgan fingerprint density at radius 3 is 2.85 bits per heavy atom. The molecule has 0 spiro atoms. The highest BCUT2D eigenvalue weighted by Crippen LogP contribution is 2.38. The summed E-state index contributed by atoms with van der Waals surface area (Å²) in [5.74, 6) is 0.0409. The quantitative estimate of drug-likeness (QED) is 0.703. The predicted molar refractivity (Wildman–Crippen MR) is 104 cm³/mol. The molecule has 1 aliphatic carbocycles. The van der Waals surface area contributed by atoms with Crippen molar-refractivity contribution < 1.29 is 9.59 Å². The zero-order valence-electron chi connectivity index (χ0n) is 15.4. The Morgan fingerprint density at radius 1 is 1.37 bits per heavy atom. The van der Waals surface area contributed by atoms with Crippen LogP contribution in [-0.2, 0) is 4.79 Å². The topological polar surface area (TPSA) is 101 Å². The van der Waals surface area contributed by atoms with E-state index in [-0.39, 0.29) is 12.3 Å². The number of aromatic amines is 1. The van der Waals surface area contributed by atoms with E-state index in [1.54, 1.807) is 24.4 Å². The van der Waals surface area contributed by atoms with Crippen molar-refractivity contribution >= 4 is 23.4 Å². The molecule has 1 fully saturated rings. The molecular formula is C20H25ClN4O2. The summed E-state index contributed by atoms with van der Waals surface area (Å²) in [7, 11) is 0. The van der Waals surface area contributed by atoms with E-state index in [9.17, 15) is 9.59 Å². The fraction of sp³-hybridized carbons (Fsp3) is 0.450. The summed E-state index contributed by atoms with van der Waals surface area (Å²) in [6.07, 6.45) is 6.13. The SMILES string of the molecule is C[C@@H]1CCCCC1c1[nH]ncc1C(=O)N[C@@H](CC(N)=O)c1cccc(Cl)c1. The molecule has 4 N–H and O–H groups in total. The highest BCUT2D eigenvalue weighted by molar-refractivity contribution is 6.30. The second kappa shape index (κ2) is 8.57. The van der Waals surface area contributed by atoms with Gasteiger partial charge in [-0.05, 0) is 30.0 Å². The van der Waals surface area contributed by atoms with Gasteiger partial charge in [-0.1, -0.05) is 49.9 Å². The molecule has 2 aromatic rings. The molecule has 0 bridgehead atoms. The minimum Gasteiger partial charge on any atom is -0.370 e. The lowest BCUT2D eigenvalue weighted by atomic mass is 9.77. The summed E-state index contributed by atoms with van der Waals surface area (Å²) in [4.78, 5) is 24.5. The smallest absolute Gasteiger partial charge is 0.255 e. The number of hydrogen-bond acceptors (Lipinski definition) is 3. The minimum absolute atomic E-state index is 0.000895. The number of primary amides is 1. The largest absolute Gasteiger partial charge is 0.370 e. The predicted octanol–water partition coefficient (Wildman–Crippen LogP) is 3.70. The van der Waals surface area contributed by atoms with Gasteiger partial charge in [-0.25, -0.2) is 0 Å². The maximum absolute atomic E-state index is 13.0. The molecule has 3 rings (SSSR count). The average molecular weight is 389 g/mol. The number of carbonyl (C=O) groups is 2. The van der Waals surface area contributed by atoms with Gasteiger partial charge in [0, 0.05) is 10.9 Å². The molecule has 3 atom stereocenters. The number of nitrogens with zero attached hydrogens (tertiary/aromatic N) is 1. The number of nitrogens with two attached hydrogens (primary N) is 1. The second-order valence-electron chi connectivity index (χ2n) is 7.32. The summed E-state index contributed by atoms with van der Waals surface area (Å²) >= 11 is 6.06. The molecule has 0 saturated heterocycles. The minimum atomic E-state index is -0.541. The van der Waals surface area contributed by atoms with Crippen LogP contribution in [0.3, 0.4) is 0 Å². The van der Waals surface area contributed by atoms with Crippen molar-refractivity contribution in [2.24, 2.45) is 11.7 Å². The summed E-state index contributed by atoms with van der Waals surface area (Å²) in [5, 5.41) is 10.6. The van der Waals surface area contributed by atoms with Crippen molar-refractivity contribution in [1.82, 2.24) is 15.5 Å². The number of H-pyrrole nitrogens is 1. The molecule has 7 heteroatoms. The first-order valence-corrected chi connectivity index (χ1v) is 9.71. The fourth-order valence-electron chi connectivity index (χ4n) is 3.92. The van der Waals surface area contributed by atoms with E-state index in [1.165, 1.54) is 6.42 Å². The lowest BCUT2D eigenvalue weighted by molar-refractivity contribution is -0.118. The third-order valence-corrected chi connectivity index (χ3v) is 5.59. The van der Waals surface area contributed by atoms with E-state index in [4.69, 9.17) is 17.3 Å². The van der Waals surface area contributed by atoms with Gasteiger partial charge >= 0.3 is 0 Å². The van der Waals surface area contributed by atoms with Crippen LogP contribution in [0.1, 0.15) is 72.6 Å². The van der Waals surface area contributed by atoms with E-state index in [1.807, 2.05) is 6.07 Å². The first kappa shape index (κ1) is 19.4. The highest BCUT2D eigenvalue weighted by Gasteiger charge is 2.29. The monoisotopic (exact) mass is 388 g/mol. The molecule has 27 heavy (non-hydrogen) atoms. The standard InChI is InChI=1S/C20H25ClN4O2/c1-12-5-2-3-8-15(12)19-16(11-23-25-19)20(27)24-17(10-18(22)26)13-6-4-7-14(21)9-13/h4,6-7,9,11-12,15,17H,2-3,5,8,10H2,1H3,(H2,22,26)(H,23,25)(H,24,27)/t12-,15?,17+/m1/s1. The van der Waals surface area contributed by atoms with Crippen molar-refractivity contribution in [3.05, 3.63) is 52.3 Å². The molecule has 1 aromatic carbocycles. The van der Waals surface area contributed by atoms with E-state index in [0.29, 0.717) is 22.4 Å². The van der Waals surface area contributed by atoms with Crippen molar-refractivity contribution in [3.63, 3.8) is 0 Å². The number of nitrogens with one attached hydrogen (secondary N) is 2. The van der Waals surface area contributed by atoms with Gasteiger partial charge in [0.05, 0.1) is 29.9 Å². The summed E-state index contributed by atoms with van der Waals surface area (Å²) in [5.41, 5.74) is 7.54. The Kier molecular flexibility index (Phi) is 6.16. The van der Waals surface area contributed by atoms with E-state index < -0.39 is 11.9 Å². The van der Waals surface area contributed by atoms with Crippen molar-refractivity contribution in [1.29, 1.82) is 0 Å². The van der Waals surface area contributed by atoms with Crippen LogP contribution in [0.2, 0.25) is 5.02 Å². The Hall–Kier alpha value is -2.34. The fourth-order valence-corrected chi connectivity index (χ4v) is 4.12. The average Bonchev–Trinajstić information content (AvgIpc) is 3.11. The number of rotatable bonds is 6. The van der Waals surface area contributed by atoms with Gasteiger partial charge in [0.2, 0.25) is 5.91 Å². The van der Waals surface area contributed by atoms with Crippen LogP contribution in [0.15, 0.2) is 30.5 Å². The molecule has 1 heterocycles. The zero-order valence-corrected chi connectivity index (χ0v) is 16.1. The maximum atomic E-state index is 13.0. The van der Waals surface area contributed by atoms with Gasteiger partial charge in [-0.3, -0.25) is 14.7 Å². The first-order chi connectivity index (χ1) is 13.0. The molecule has 0 radical (unpaired) electrons. The van der Waals surface area contributed by atoms with Crippen molar-refractivity contribution in [2.45, 2.75) is 51.0 Å². The van der Waals surface area contributed by atoms with Crippen LogP contribution in [0.25, 0.3) is 0 Å². The van der Waals surface area contributed by atoms with Crippen LogP contribution < -0.4 is 11.1 Å². The maximum Gasteiger partial charge on any atom is 0.255 e. The molecule has 6 nitrogen and oxygen atoms in total. The zero-order chi connectivity index (χ0) is 19.4. The Bertz CT molecular complexity index is 820. The number of benzene rings is 1. The van der Waals surface area contributed by atoms with Crippen LogP contribution in [0.4, 0.5) is 0 Å². The molecule has 1 unspecified atom stereocenters. The molecule has 0 aliphatic heterocycles. The Labute approximate surface area is 163 Å². The Morgan fingerprint density at radius 2 is 2.15 bits per heavy atom. The molecule has 1 aliphatic rings. The van der Waals surface area contributed by atoms with Gasteiger partial charge in [0.1, 0.15) is 0 Å². The normalized spacial score (nSPS) is 20.8. The van der Waals surface area contributed by atoms with Crippen LogP contribution in [0.5, 0.6) is 0 Å². The van der Waals surface area contributed by atoms with E-state index in [2.05, 4.69) is 22.4 Å². The molecule has 1 saturated carbocycles. The van der Waals surface area contributed by atoms with Gasteiger partial charge in [0.15, 0.2) is 0 Å². The van der Waals surface area contributed by atoms with Crippen LogP contribution >= 0.6 is 11.6 Å².